The van der Waals surface area contributed by atoms with E-state index in [-0.39, 0.29) is 12.3 Å². The molecule has 124 valence electrons. The van der Waals surface area contributed by atoms with Crippen LogP contribution in [0.15, 0.2) is 29.0 Å². The zero-order valence-corrected chi connectivity index (χ0v) is 13.8. The van der Waals surface area contributed by atoms with Gasteiger partial charge in [0.25, 0.3) is 0 Å². The summed E-state index contributed by atoms with van der Waals surface area (Å²) < 4.78 is 5.14. The minimum atomic E-state index is -0.0144. The SMILES string of the molecule is Cc1cc(C)cc(N(C)C(=O)CCc2nc(-c3ncn[nH]3)no2)c1. The molecule has 1 N–H and O–H groups in total. The first-order chi connectivity index (χ1) is 11.5. The number of aryl methyl sites for hydroxylation is 3. The van der Waals surface area contributed by atoms with Crippen LogP contribution in [0.4, 0.5) is 5.69 Å². The van der Waals surface area contributed by atoms with Crippen LogP contribution in [0.1, 0.15) is 23.4 Å². The molecule has 24 heavy (non-hydrogen) atoms. The third-order valence-electron chi connectivity index (χ3n) is 3.62. The maximum Gasteiger partial charge on any atom is 0.239 e. The molecule has 2 aromatic heterocycles. The molecule has 0 bridgehead atoms. The summed E-state index contributed by atoms with van der Waals surface area (Å²) in [5.74, 6) is 1.14. The molecule has 0 fully saturated rings. The summed E-state index contributed by atoms with van der Waals surface area (Å²) in [6.07, 6.45) is 2.02. The van der Waals surface area contributed by atoms with E-state index in [0.717, 1.165) is 16.8 Å². The van der Waals surface area contributed by atoms with Crippen LogP contribution in [0.5, 0.6) is 0 Å². The van der Waals surface area contributed by atoms with Gasteiger partial charge >= 0.3 is 0 Å². The van der Waals surface area contributed by atoms with E-state index in [0.29, 0.717) is 24.0 Å². The number of carbonyl (C=O) groups excluding carboxylic acids is 1. The molecule has 2 heterocycles. The highest BCUT2D eigenvalue weighted by Crippen LogP contribution is 2.19. The average molecular weight is 326 g/mol. The fourth-order valence-corrected chi connectivity index (χ4v) is 2.44. The number of aromatic amines is 1. The Morgan fingerprint density at radius 2 is 2.00 bits per heavy atom. The highest BCUT2D eigenvalue weighted by Gasteiger charge is 2.15. The number of nitrogens with one attached hydrogen (secondary N) is 1. The third-order valence-corrected chi connectivity index (χ3v) is 3.62. The van der Waals surface area contributed by atoms with Crippen LogP contribution in [0.3, 0.4) is 0 Å². The first-order valence-electron chi connectivity index (χ1n) is 7.56. The molecular formula is C16H18N6O2. The Morgan fingerprint density at radius 3 is 2.67 bits per heavy atom. The van der Waals surface area contributed by atoms with Crippen LogP contribution >= 0.6 is 0 Å². The number of rotatable bonds is 5. The Morgan fingerprint density at radius 1 is 1.25 bits per heavy atom. The van der Waals surface area contributed by atoms with Gasteiger partial charge < -0.3 is 9.42 Å². The van der Waals surface area contributed by atoms with Gasteiger partial charge in [0.05, 0.1) is 0 Å². The van der Waals surface area contributed by atoms with Crippen molar-refractivity contribution in [1.29, 1.82) is 0 Å². The maximum absolute atomic E-state index is 12.4. The lowest BCUT2D eigenvalue weighted by molar-refractivity contribution is -0.118. The van der Waals surface area contributed by atoms with Gasteiger partial charge in [-0.2, -0.15) is 10.1 Å². The van der Waals surface area contributed by atoms with Crippen LogP contribution in [-0.4, -0.2) is 38.3 Å². The fourth-order valence-electron chi connectivity index (χ4n) is 2.44. The quantitative estimate of drug-likeness (QED) is 0.770. The summed E-state index contributed by atoms with van der Waals surface area (Å²) in [7, 11) is 1.77. The van der Waals surface area contributed by atoms with E-state index < -0.39 is 0 Å². The Bertz CT molecular complexity index is 820. The first-order valence-corrected chi connectivity index (χ1v) is 7.56. The lowest BCUT2D eigenvalue weighted by atomic mass is 10.1. The smallest absolute Gasteiger partial charge is 0.239 e. The molecule has 0 atom stereocenters. The molecule has 0 aliphatic carbocycles. The molecule has 3 rings (SSSR count). The van der Waals surface area contributed by atoms with E-state index in [9.17, 15) is 4.79 Å². The van der Waals surface area contributed by atoms with Crippen LogP contribution in [0, 0.1) is 13.8 Å². The summed E-state index contributed by atoms with van der Waals surface area (Å²) in [5.41, 5.74) is 3.13. The molecule has 0 saturated heterocycles. The van der Waals surface area contributed by atoms with Gasteiger partial charge in [-0.05, 0) is 37.1 Å². The number of anilines is 1. The highest BCUT2D eigenvalue weighted by molar-refractivity contribution is 5.93. The Kier molecular flexibility index (Phi) is 4.37. The van der Waals surface area contributed by atoms with Crippen molar-refractivity contribution >= 4 is 11.6 Å². The Labute approximate surface area is 138 Å². The standard InChI is InChI=1S/C16H18N6O2/c1-10-6-11(2)8-12(7-10)22(3)14(23)5-4-13-19-16(21-24-13)15-17-9-18-20-15/h6-9H,4-5H2,1-3H3,(H,17,18,20). The van der Waals surface area contributed by atoms with Gasteiger partial charge in [-0.25, -0.2) is 4.98 Å². The molecule has 0 aliphatic heterocycles. The van der Waals surface area contributed by atoms with Crippen molar-refractivity contribution in [1.82, 2.24) is 25.3 Å². The molecule has 8 heteroatoms. The fraction of sp³-hybridized carbons (Fsp3) is 0.312. The minimum Gasteiger partial charge on any atom is -0.339 e. The number of H-pyrrole nitrogens is 1. The Hall–Kier alpha value is -3.03. The summed E-state index contributed by atoms with van der Waals surface area (Å²) in [6.45, 7) is 4.02. The van der Waals surface area contributed by atoms with E-state index in [1.165, 1.54) is 6.33 Å². The number of hydrogen-bond acceptors (Lipinski definition) is 6. The van der Waals surface area contributed by atoms with Crippen molar-refractivity contribution in [2.75, 3.05) is 11.9 Å². The van der Waals surface area contributed by atoms with Crippen molar-refractivity contribution in [3.63, 3.8) is 0 Å². The summed E-state index contributed by atoms with van der Waals surface area (Å²) in [5, 5.41) is 10.2. The van der Waals surface area contributed by atoms with Gasteiger partial charge in [0, 0.05) is 25.6 Å². The monoisotopic (exact) mass is 326 g/mol. The van der Waals surface area contributed by atoms with E-state index in [2.05, 4.69) is 31.4 Å². The molecular weight excluding hydrogens is 308 g/mol. The summed E-state index contributed by atoms with van der Waals surface area (Å²) >= 11 is 0. The van der Waals surface area contributed by atoms with Crippen LogP contribution in [0.2, 0.25) is 0 Å². The predicted molar refractivity (Wildman–Crippen MR) is 87.3 cm³/mol. The van der Waals surface area contributed by atoms with Crippen LogP contribution in [0.25, 0.3) is 11.6 Å². The number of benzene rings is 1. The largest absolute Gasteiger partial charge is 0.339 e. The number of amides is 1. The zero-order valence-electron chi connectivity index (χ0n) is 13.8. The molecule has 3 aromatic rings. The molecule has 1 aromatic carbocycles. The minimum absolute atomic E-state index is 0.0144. The second-order valence-electron chi connectivity index (χ2n) is 5.64. The molecule has 1 amide bonds. The zero-order chi connectivity index (χ0) is 17.1. The van der Waals surface area contributed by atoms with Crippen molar-refractivity contribution in [3.8, 4) is 11.6 Å². The topological polar surface area (TPSA) is 101 Å². The summed E-state index contributed by atoms with van der Waals surface area (Å²) in [6, 6.07) is 6.05. The Balaban J connectivity index is 1.63. The van der Waals surface area contributed by atoms with Crippen LogP contribution in [-0.2, 0) is 11.2 Å². The highest BCUT2D eigenvalue weighted by atomic mass is 16.5. The van der Waals surface area contributed by atoms with Crippen molar-refractivity contribution in [2.45, 2.75) is 26.7 Å². The third kappa shape index (κ3) is 3.48. The molecule has 8 nitrogen and oxygen atoms in total. The maximum atomic E-state index is 12.4. The van der Waals surface area contributed by atoms with E-state index in [1.807, 2.05) is 26.0 Å². The van der Waals surface area contributed by atoms with Gasteiger partial charge in [0.15, 0.2) is 5.82 Å². The van der Waals surface area contributed by atoms with Gasteiger partial charge in [-0.1, -0.05) is 11.2 Å². The van der Waals surface area contributed by atoms with Gasteiger partial charge in [0.2, 0.25) is 17.6 Å². The molecule has 0 spiro atoms. The average Bonchev–Trinajstić information content (AvgIpc) is 3.21. The van der Waals surface area contributed by atoms with Gasteiger partial charge in [-0.3, -0.25) is 9.89 Å². The number of hydrogen-bond donors (Lipinski definition) is 1. The second-order valence-corrected chi connectivity index (χ2v) is 5.64. The van der Waals surface area contributed by atoms with Gasteiger partial charge in [0.1, 0.15) is 6.33 Å². The molecule has 0 unspecified atom stereocenters. The number of nitrogens with zero attached hydrogens (tertiary/aromatic N) is 5. The number of carbonyl (C=O) groups is 1. The predicted octanol–water partition coefficient (Wildman–Crippen LogP) is 2.07. The van der Waals surface area contributed by atoms with Crippen molar-refractivity contribution in [3.05, 3.63) is 41.5 Å². The first kappa shape index (κ1) is 15.9. The number of aromatic nitrogens is 5. The second kappa shape index (κ2) is 6.61. The van der Waals surface area contributed by atoms with Gasteiger partial charge in [-0.15, -0.1) is 0 Å². The van der Waals surface area contributed by atoms with E-state index >= 15 is 0 Å². The van der Waals surface area contributed by atoms with E-state index in [1.54, 1.807) is 11.9 Å². The molecule has 0 saturated carbocycles. The van der Waals surface area contributed by atoms with E-state index in [4.69, 9.17) is 4.52 Å². The normalized spacial score (nSPS) is 10.8. The van der Waals surface area contributed by atoms with Crippen LogP contribution < -0.4 is 4.90 Å². The van der Waals surface area contributed by atoms with Crippen molar-refractivity contribution in [2.24, 2.45) is 0 Å². The molecule has 0 aliphatic rings. The summed E-state index contributed by atoms with van der Waals surface area (Å²) in [4.78, 5) is 22.2. The lowest BCUT2D eigenvalue weighted by Crippen LogP contribution is -2.26. The lowest BCUT2D eigenvalue weighted by Gasteiger charge is -2.18. The molecule has 0 radical (unpaired) electrons. The van der Waals surface area contributed by atoms with Crippen molar-refractivity contribution < 1.29 is 9.32 Å².